The van der Waals surface area contributed by atoms with E-state index in [-0.39, 0.29) is 18.2 Å². The van der Waals surface area contributed by atoms with Crippen LogP contribution in [0.1, 0.15) is 12.6 Å². The van der Waals surface area contributed by atoms with Crippen molar-refractivity contribution in [1.82, 2.24) is 14.5 Å². The maximum atomic E-state index is 13.1. The van der Waals surface area contributed by atoms with E-state index in [0.717, 1.165) is 0 Å². The first-order chi connectivity index (χ1) is 10.0. The van der Waals surface area contributed by atoms with Crippen molar-refractivity contribution in [3.63, 3.8) is 0 Å². The summed E-state index contributed by atoms with van der Waals surface area (Å²) in [6.07, 6.45) is -0.0170. The molecule has 1 fully saturated rings. The summed E-state index contributed by atoms with van der Waals surface area (Å²) in [5.41, 5.74) is 10.2. The topological polar surface area (TPSA) is 132 Å². The standard InChI is InChI=1S/C12H16FN5O3/c13-4-12(5-19)7(20)3-8(21-12)18-2-1-6-9(14)16-11(15)17-10(6)18/h1-2,7-8,19-20H,3-5H2,(H4,14,15,16,17)/t7-,8+,12+/m0/s1. The monoisotopic (exact) mass is 297 g/mol. The third kappa shape index (κ3) is 2.01. The lowest BCUT2D eigenvalue weighted by molar-refractivity contribution is -0.136. The van der Waals surface area contributed by atoms with Gasteiger partial charge in [-0.2, -0.15) is 9.97 Å². The van der Waals surface area contributed by atoms with Gasteiger partial charge in [0.25, 0.3) is 0 Å². The van der Waals surface area contributed by atoms with Crippen LogP contribution in [-0.4, -0.2) is 49.7 Å². The molecule has 9 heteroatoms. The van der Waals surface area contributed by atoms with Gasteiger partial charge < -0.3 is 31.0 Å². The van der Waals surface area contributed by atoms with Gasteiger partial charge in [-0.3, -0.25) is 0 Å². The first kappa shape index (κ1) is 14.0. The first-order valence-electron chi connectivity index (χ1n) is 6.43. The molecular weight excluding hydrogens is 281 g/mol. The molecule has 0 aliphatic carbocycles. The Morgan fingerprint density at radius 2 is 2.24 bits per heavy atom. The van der Waals surface area contributed by atoms with E-state index in [0.29, 0.717) is 11.0 Å². The highest BCUT2D eigenvalue weighted by Gasteiger charge is 2.49. The van der Waals surface area contributed by atoms with Gasteiger partial charge in [0, 0.05) is 12.6 Å². The number of fused-ring (bicyclic) bond motifs is 1. The van der Waals surface area contributed by atoms with E-state index in [1.165, 1.54) is 0 Å². The second-order valence-corrected chi connectivity index (χ2v) is 5.11. The summed E-state index contributed by atoms with van der Waals surface area (Å²) in [4.78, 5) is 7.96. The molecule has 6 N–H and O–H groups in total. The number of aliphatic hydroxyl groups is 2. The molecule has 1 saturated heterocycles. The van der Waals surface area contributed by atoms with Crippen LogP contribution in [0.3, 0.4) is 0 Å². The maximum absolute atomic E-state index is 13.1. The number of nitrogen functional groups attached to an aromatic ring is 2. The van der Waals surface area contributed by atoms with Crippen LogP contribution in [0.5, 0.6) is 0 Å². The normalized spacial score (nSPS) is 29.3. The van der Waals surface area contributed by atoms with Crippen LogP contribution in [0.2, 0.25) is 0 Å². The highest BCUT2D eigenvalue weighted by Crippen LogP contribution is 2.38. The number of halogens is 1. The van der Waals surface area contributed by atoms with E-state index in [1.54, 1.807) is 16.8 Å². The van der Waals surface area contributed by atoms with E-state index < -0.39 is 31.2 Å². The molecule has 0 amide bonds. The molecule has 8 nitrogen and oxygen atoms in total. The summed E-state index contributed by atoms with van der Waals surface area (Å²) in [6.45, 7) is -1.60. The molecule has 0 saturated carbocycles. The second kappa shape index (κ2) is 4.79. The van der Waals surface area contributed by atoms with Crippen LogP contribution >= 0.6 is 0 Å². The Bertz CT molecular complexity index is 672. The van der Waals surface area contributed by atoms with Crippen LogP contribution < -0.4 is 11.5 Å². The molecule has 3 rings (SSSR count). The van der Waals surface area contributed by atoms with Gasteiger partial charge in [-0.05, 0) is 6.07 Å². The molecule has 3 atom stereocenters. The molecule has 0 bridgehead atoms. The smallest absolute Gasteiger partial charge is 0.223 e. The van der Waals surface area contributed by atoms with Gasteiger partial charge in [0.05, 0.1) is 18.1 Å². The van der Waals surface area contributed by atoms with Gasteiger partial charge in [-0.1, -0.05) is 0 Å². The molecule has 0 unspecified atom stereocenters. The lowest BCUT2D eigenvalue weighted by Gasteiger charge is -2.26. The summed E-state index contributed by atoms with van der Waals surface area (Å²) >= 11 is 0. The van der Waals surface area contributed by atoms with Crippen LogP contribution in [0.25, 0.3) is 11.0 Å². The number of ether oxygens (including phenoxy) is 1. The lowest BCUT2D eigenvalue weighted by atomic mass is 10.00. The van der Waals surface area contributed by atoms with Crippen molar-refractivity contribution in [2.75, 3.05) is 24.7 Å². The van der Waals surface area contributed by atoms with Crippen LogP contribution in [0.4, 0.5) is 16.2 Å². The number of aliphatic hydroxyl groups excluding tert-OH is 2. The molecule has 0 aromatic carbocycles. The van der Waals surface area contributed by atoms with Crippen molar-refractivity contribution in [2.24, 2.45) is 0 Å². The van der Waals surface area contributed by atoms with Gasteiger partial charge in [0.15, 0.2) is 0 Å². The molecular formula is C12H16FN5O3. The minimum absolute atomic E-state index is 0.0115. The Morgan fingerprint density at radius 1 is 1.48 bits per heavy atom. The third-order valence-electron chi connectivity index (χ3n) is 3.83. The van der Waals surface area contributed by atoms with Gasteiger partial charge in [-0.15, -0.1) is 0 Å². The Labute approximate surface area is 119 Å². The van der Waals surface area contributed by atoms with Crippen LogP contribution in [-0.2, 0) is 4.74 Å². The predicted octanol–water partition coefficient (Wildman–Crippen LogP) is -0.424. The molecule has 21 heavy (non-hydrogen) atoms. The zero-order valence-electron chi connectivity index (χ0n) is 11.1. The molecule has 114 valence electrons. The molecule has 1 aliphatic rings. The minimum atomic E-state index is -1.61. The Morgan fingerprint density at radius 3 is 2.86 bits per heavy atom. The van der Waals surface area contributed by atoms with Crippen molar-refractivity contribution >= 4 is 22.8 Å². The predicted molar refractivity (Wildman–Crippen MR) is 72.9 cm³/mol. The minimum Gasteiger partial charge on any atom is -0.393 e. The number of aromatic nitrogens is 3. The maximum Gasteiger partial charge on any atom is 0.223 e. The highest BCUT2D eigenvalue weighted by molar-refractivity contribution is 5.87. The van der Waals surface area contributed by atoms with Gasteiger partial charge in [0.1, 0.15) is 30.0 Å². The lowest BCUT2D eigenvalue weighted by Crippen LogP contribution is -2.45. The molecule has 3 heterocycles. The van der Waals surface area contributed by atoms with E-state index >= 15 is 0 Å². The summed E-state index contributed by atoms with van der Waals surface area (Å²) < 4.78 is 20.3. The number of rotatable bonds is 3. The number of hydrogen-bond acceptors (Lipinski definition) is 7. The summed E-state index contributed by atoms with van der Waals surface area (Å²) in [6, 6.07) is 1.69. The third-order valence-corrected chi connectivity index (χ3v) is 3.83. The average molecular weight is 297 g/mol. The van der Waals surface area contributed by atoms with E-state index in [1.807, 2.05) is 0 Å². The number of nitrogens with two attached hydrogens (primary N) is 2. The largest absolute Gasteiger partial charge is 0.393 e. The fourth-order valence-corrected chi connectivity index (χ4v) is 2.59. The van der Waals surface area contributed by atoms with E-state index in [2.05, 4.69) is 9.97 Å². The Balaban J connectivity index is 2.03. The molecule has 2 aromatic rings. The average Bonchev–Trinajstić information content (AvgIpc) is 3.00. The highest BCUT2D eigenvalue weighted by atomic mass is 19.1. The molecule has 1 aliphatic heterocycles. The quantitative estimate of drug-likeness (QED) is 0.604. The summed E-state index contributed by atoms with van der Waals surface area (Å²) in [5, 5.41) is 19.9. The zero-order chi connectivity index (χ0) is 15.2. The van der Waals surface area contributed by atoms with Crippen molar-refractivity contribution < 1.29 is 19.3 Å². The van der Waals surface area contributed by atoms with Crippen LogP contribution in [0, 0.1) is 0 Å². The van der Waals surface area contributed by atoms with Crippen molar-refractivity contribution in [2.45, 2.75) is 24.4 Å². The second-order valence-electron chi connectivity index (χ2n) is 5.11. The van der Waals surface area contributed by atoms with Gasteiger partial charge in [0.2, 0.25) is 5.95 Å². The van der Waals surface area contributed by atoms with Crippen molar-refractivity contribution in [3.05, 3.63) is 12.3 Å². The summed E-state index contributed by atoms with van der Waals surface area (Å²) in [5.74, 6) is 0.242. The molecule has 2 aromatic heterocycles. The van der Waals surface area contributed by atoms with Crippen molar-refractivity contribution in [1.29, 1.82) is 0 Å². The van der Waals surface area contributed by atoms with Gasteiger partial charge >= 0.3 is 0 Å². The molecule has 0 spiro atoms. The SMILES string of the molecule is Nc1nc(N)c2ccn([C@H]3C[C@H](O)[C@](CO)(CF)O3)c2n1. The fourth-order valence-electron chi connectivity index (χ4n) is 2.59. The van der Waals surface area contributed by atoms with Crippen LogP contribution in [0.15, 0.2) is 12.3 Å². The zero-order valence-corrected chi connectivity index (χ0v) is 11.1. The van der Waals surface area contributed by atoms with E-state index in [9.17, 15) is 14.6 Å². The number of hydrogen-bond donors (Lipinski definition) is 4. The van der Waals surface area contributed by atoms with Gasteiger partial charge in [-0.25, -0.2) is 4.39 Å². The Kier molecular flexibility index (Phi) is 3.19. The fraction of sp³-hybridized carbons (Fsp3) is 0.500. The number of nitrogens with zero attached hydrogens (tertiary/aromatic N) is 3. The first-order valence-corrected chi connectivity index (χ1v) is 6.43. The van der Waals surface area contributed by atoms with Crippen molar-refractivity contribution in [3.8, 4) is 0 Å². The number of anilines is 2. The summed E-state index contributed by atoms with van der Waals surface area (Å²) in [7, 11) is 0. The van der Waals surface area contributed by atoms with E-state index in [4.69, 9.17) is 16.2 Å². The number of alkyl halides is 1. The molecule has 0 radical (unpaired) electrons. The Hall–Kier alpha value is -1.97.